The van der Waals surface area contributed by atoms with Gasteiger partial charge in [-0.2, -0.15) is 0 Å². The van der Waals surface area contributed by atoms with E-state index in [0.29, 0.717) is 17.1 Å². The zero-order valence-electron chi connectivity index (χ0n) is 14.4. The fourth-order valence-corrected chi connectivity index (χ4v) is 3.07. The summed E-state index contributed by atoms with van der Waals surface area (Å²) in [5.41, 5.74) is 1.63. The summed E-state index contributed by atoms with van der Waals surface area (Å²) in [5.74, 6) is 0.691. The Balaban J connectivity index is 1.84. The van der Waals surface area contributed by atoms with Crippen molar-refractivity contribution in [2.45, 2.75) is 13.3 Å². The molecule has 0 heterocycles. The topological polar surface area (TPSA) is 41.6 Å². The summed E-state index contributed by atoms with van der Waals surface area (Å²) in [6.07, 6.45) is 0.844. The minimum atomic E-state index is -0.154. The lowest BCUT2D eigenvalue weighted by molar-refractivity contribution is 0.0953. The molecule has 0 unspecified atom stereocenters. The van der Waals surface area contributed by atoms with Crippen LogP contribution in [0.5, 0.6) is 5.75 Å². The Morgan fingerprint density at radius 1 is 1.24 bits per heavy atom. The number of halogens is 2. The van der Waals surface area contributed by atoms with Gasteiger partial charge in [-0.3, -0.25) is 4.79 Å². The van der Waals surface area contributed by atoms with Crippen LogP contribution in [-0.4, -0.2) is 32.7 Å². The number of anilines is 1. The van der Waals surface area contributed by atoms with Crippen molar-refractivity contribution in [1.29, 1.82) is 0 Å². The van der Waals surface area contributed by atoms with Crippen molar-refractivity contribution in [3.8, 4) is 5.75 Å². The van der Waals surface area contributed by atoms with Crippen molar-refractivity contribution >= 4 is 39.1 Å². The van der Waals surface area contributed by atoms with Crippen LogP contribution >= 0.6 is 27.5 Å². The van der Waals surface area contributed by atoms with Crippen LogP contribution in [0.2, 0.25) is 5.02 Å². The summed E-state index contributed by atoms with van der Waals surface area (Å²) in [5, 5.41) is 3.38. The molecule has 4 nitrogen and oxygen atoms in total. The van der Waals surface area contributed by atoms with Crippen LogP contribution in [0.25, 0.3) is 0 Å². The van der Waals surface area contributed by atoms with Crippen LogP contribution in [0.1, 0.15) is 23.7 Å². The molecule has 134 valence electrons. The van der Waals surface area contributed by atoms with Gasteiger partial charge in [0, 0.05) is 29.8 Å². The first-order valence-electron chi connectivity index (χ1n) is 8.17. The Labute approximate surface area is 162 Å². The molecule has 1 N–H and O–H groups in total. The molecule has 0 saturated carbocycles. The maximum atomic E-state index is 12.2. The third kappa shape index (κ3) is 5.65. The first-order chi connectivity index (χ1) is 12.0. The van der Waals surface area contributed by atoms with Crippen molar-refractivity contribution in [2.24, 2.45) is 0 Å². The molecule has 0 aliphatic carbocycles. The smallest absolute Gasteiger partial charge is 0.252 e. The number of ether oxygens (including phenoxy) is 1. The van der Waals surface area contributed by atoms with Gasteiger partial charge in [-0.25, -0.2) is 0 Å². The molecule has 1 amide bonds. The van der Waals surface area contributed by atoms with E-state index in [1.165, 1.54) is 0 Å². The number of hydrogen-bond acceptors (Lipinski definition) is 3. The van der Waals surface area contributed by atoms with Gasteiger partial charge < -0.3 is 15.0 Å². The molecule has 2 aromatic carbocycles. The largest absolute Gasteiger partial charge is 0.497 e. The molecule has 0 bridgehead atoms. The molecule has 25 heavy (non-hydrogen) atoms. The zero-order valence-corrected chi connectivity index (χ0v) is 16.7. The highest BCUT2D eigenvalue weighted by molar-refractivity contribution is 9.10. The lowest BCUT2D eigenvalue weighted by Crippen LogP contribution is -2.30. The number of methoxy groups -OCH3 is 1. The lowest BCUT2D eigenvalue weighted by atomic mass is 10.2. The summed E-state index contributed by atoms with van der Waals surface area (Å²) < 4.78 is 6.02. The second-order valence-electron chi connectivity index (χ2n) is 5.51. The lowest BCUT2D eigenvalue weighted by Gasteiger charge is -2.23. The van der Waals surface area contributed by atoms with Crippen molar-refractivity contribution in [1.82, 2.24) is 5.32 Å². The van der Waals surface area contributed by atoms with E-state index in [-0.39, 0.29) is 5.91 Å². The monoisotopic (exact) mass is 424 g/mol. The van der Waals surface area contributed by atoms with Crippen molar-refractivity contribution < 1.29 is 9.53 Å². The summed E-state index contributed by atoms with van der Waals surface area (Å²) in [6.45, 7) is 4.46. The Bertz CT molecular complexity index is 707. The van der Waals surface area contributed by atoms with E-state index >= 15 is 0 Å². The van der Waals surface area contributed by atoms with Crippen LogP contribution in [-0.2, 0) is 0 Å². The van der Waals surface area contributed by atoms with Crippen molar-refractivity contribution in [2.75, 3.05) is 31.6 Å². The second-order valence-corrected chi connectivity index (χ2v) is 6.83. The fraction of sp³-hybridized carbons (Fsp3) is 0.316. The number of rotatable bonds is 8. The van der Waals surface area contributed by atoms with E-state index in [2.05, 4.69) is 33.1 Å². The molecule has 0 aliphatic rings. The SMILES string of the molecule is CCN(CCCNC(=O)c1cc(Br)ccc1Cl)c1ccc(OC)cc1. The third-order valence-corrected chi connectivity index (χ3v) is 4.71. The summed E-state index contributed by atoms with van der Waals surface area (Å²) in [4.78, 5) is 14.5. The fourth-order valence-electron chi connectivity index (χ4n) is 2.50. The molecule has 0 fully saturated rings. The Morgan fingerprint density at radius 3 is 2.60 bits per heavy atom. The molecule has 2 aromatic rings. The van der Waals surface area contributed by atoms with Crippen LogP contribution in [0.3, 0.4) is 0 Å². The summed E-state index contributed by atoms with van der Waals surface area (Å²) in [6, 6.07) is 13.2. The average Bonchev–Trinajstić information content (AvgIpc) is 2.64. The highest BCUT2D eigenvalue weighted by atomic mass is 79.9. The van der Waals surface area contributed by atoms with E-state index < -0.39 is 0 Å². The van der Waals surface area contributed by atoms with Gasteiger partial charge in [0.1, 0.15) is 5.75 Å². The molecule has 0 radical (unpaired) electrons. The minimum absolute atomic E-state index is 0.154. The van der Waals surface area contributed by atoms with Gasteiger partial charge in [0.2, 0.25) is 0 Å². The van der Waals surface area contributed by atoms with Crippen molar-refractivity contribution in [3.05, 3.63) is 57.5 Å². The number of nitrogens with one attached hydrogen (secondary N) is 1. The molecule has 0 atom stereocenters. The number of hydrogen-bond donors (Lipinski definition) is 1. The quantitative estimate of drug-likeness (QED) is 0.620. The second kappa shape index (κ2) is 9.68. The molecule has 2 rings (SSSR count). The summed E-state index contributed by atoms with van der Waals surface area (Å²) in [7, 11) is 1.66. The van der Waals surface area contributed by atoms with E-state index in [4.69, 9.17) is 16.3 Å². The number of carbonyl (C=O) groups excluding carboxylic acids is 1. The van der Waals surface area contributed by atoms with Crippen LogP contribution in [0.4, 0.5) is 5.69 Å². The molecule has 6 heteroatoms. The minimum Gasteiger partial charge on any atom is -0.497 e. The van der Waals surface area contributed by atoms with Gasteiger partial charge in [0.05, 0.1) is 17.7 Å². The Hall–Kier alpha value is -1.72. The highest BCUT2D eigenvalue weighted by Gasteiger charge is 2.11. The Kier molecular flexibility index (Phi) is 7.59. The molecule has 0 spiro atoms. The van der Waals surface area contributed by atoms with Gasteiger partial charge >= 0.3 is 0 Å². The molecule has 0 aliphatic heterocycles. The number of nitrogens with zero attached hydrogens (tertiary/aromatic N) is 1. The van der Waals surface area contributed by atoms with Gasteiger partial charge in [-0.15, -0.1) is 0 Å². The maximum absolute atomic E-state index is 12.2. The zero-order chi connectivity index (χ0) is 18.2. The van der Waals surface area contributed by atoms with E-state index in [1.807, 2.05) is 30.3 Å². The predicted molar refractivity (Wildman–Crippen MR) is 107 cm³/mol. The average molecular weight is 426 g/mol. The summed E-state index contributed by atoms with van der Waals surface area (Å²) >= 11 is 9.44. The van der Waals surface area contributed by atoms with Crippen LogP contribution in [0, 0.1) is 0 Å². The van der Waals surface area contributed by atoms with E-state index in [9.17, 15) is 4.79 Å². The first kappa shape index (κ1) is 19.6. The normalized spacial score (nSPS) is 10.4. The van der Waals surface area contributed by atoms with Crippen LogP contribution < -0.4 is 15.0 Å². The Morgan fingerprint density at radius 2 is 1.96 bits per heavy atom. The maximum Gasteiger partial charge on any atom is 0.252 e. The third-order valence-electron chi connectivity index (χ3n) is 3.88. The molecular weight excluding hydrogens is 404 g/mol. The molecule has 0 saturated heterocycles. The number of carbonyl (C=O) groups is 1. The van der Waals surface area contributed by atoms with Gasteiger partial charge in [-0.05, 0) is 55.8 Å². The standard InChI is InChI=1S/C19H22BrClN2O2/c1-3-23(15-6-8-16(25-2)9-7-15)12-4-11-22-19(24)17-13-14(20)5-10-18(17)21/h5-10,13H,3-4,11-12H2,1-2H3,(H,22,24). The van der Waals surface area contributed by atoms with Crippen molar-refractivity contribution in [3.63, 3.8) is 0 Å². The molecule has 0 aromatic heterocycles. The van der Waals surface area contributed by atoms with Gasteiger partial charge in [-0.1, -0.05) is 27.5 Å². The first-order valence-corrected chi connectivity index (χ1v) is 9.34. The highest BCUT2D eigenvalue weighted by Crippen LogP contribution is 2.21. The van der Waals surface area contributed by atoms with Gasteiger partial charge in [0.25, 0.3) is 5.91 Å². The van der Waals surface area contributed by atoms with E-state index in [0.717, 1.165) is 35.4 Å². The number of amides is 1. The van der Waals surface area contributed by atoms with Gasteiger partial charge in [0.15, 0.2) is 0 Å². The number of benzene rings is 2. The van der Waals surface area contributed by atoms with E-state index in [1.54, 1.807) is 19.2 Å². The molecular formula is C19H22BrClN2O2. The predicted octanol–water partition coefficient (Wildman–Crippen LogP) is 4.76. The van der Waals surface area contributed by atoms with Crippen LogP contribution in [0.15, 0.2) is 46.9 Å².